The number of aromatic nitrogens is 5. The zero-order valence-corrected chi connectivity index (χ0v) is 16.2. The number of rotatable bonds is 4. The Labute approximate surface area is 168 Å². The molecular weight excluding hydrogens is 364 g/mol. The highest BCUT2D eigenvalue weighted by Crippen LogP contribution is 2.19. The Balaban J connectivity index is 1.67. The van der Waals surface area contributed by atoms with E-state index in [-0.39, 0.29) is 11.6 Å². The number of benzene rings is 1. The Morgan fingerprint density at radius 1 is 1.17 bits per heavy atom. The monoisotopic (exact) mass is 384 g/mol. The quantitative estimate of drug-likeness (QED) is 0.543. The van der Waals surface area contributed by atoms with Crippen LogP contribution in [0, 0.1) is 11.8 Å². The maximum absolute atomic E-state index is 12.5. The van der Waals surface area contributed by atoms with Gasteiger partial charge in [0.15, 0.2) is 0 Å². The Kier molecular flexibility index (Phi) is 5.08. The minimum absolute atomic E-state index is 0.136. The van der Waals surface area contributed by atoms with Crippen molar-refractivity contribution >= 4 is 22.7 Å². The molecule has 3 heterocycles. The first-order valence-electron chi connectivity index (χ1n) is 9.39. The molecule has 0 spiro atoms. The van der Waals surface area contributed by atoms with Gasteiger partial charge in [0.05, 0.1) is 11.7 Å². The molecule has 0 radical (unpaired) electrons. The summed E-state index contributed by atoms with van der Waals surface area (Å²) < 4.78 is 3.39. The Morgan fingerprint density at radius 3 is 2.72 bits per heavy atom. The summed E-state index contributed by atoms with van der Waals surface area (Å²) >= 11 is 0. The average Bonchev–Trinajstić information content (AvgIpc) is 3.27. The van der Waals surface area contributed by atoms with Gasteiger partial charge in [-0.05, 0) is 43.3 Å². The summed E-state index contributed by atoms with van der Waals surface area (Å²) in [7, 11) is 0. The molecule has 1 N–H and O–H groups in total. The van der Waals surface area contributed by atoms with Gasteiger partial charge in [0.25, 0.3) is 5.56 Å². The molecule has 0 aliphatic heterocycles. The van der Waals surface area contributed by atoms with Crippen molar-refractivity contribution in [3.8, 4) is 17.5 Å². The molecule has 0 amide bonds. The summed E-state index contributed by atoms with van der Waals surface area (Å²) in [5.74, 6) is 6.54. The molecule has 4 rings (SSSR count). The van der Waals surface area contributed by atoms with Gasteiger partial charge in [-0.2, -0.15) is 10.1 Å². The van der Waals surface area contributed by atoms with Crippen LogP contribution in [-0.2, 0) is 0 Å². The van der Waals surface area contributed by atoms with Crippen LogP contribution in [0.15, 0.2) is 65.8 Å². The second-order valence-electron chi connectivity index (χ2n) is 6.49. The molecule has 0 bridgehead atoms. The van der Waals surface area contributed by atoms with E-state index in [9.17, 15) is 4.79 Å². The van der Waals surface area contributed by atoms with Crippen molar-refractivity contribution in [2.75, 3.05) is 5.32 Å². The van der Waals surface area contributed by atoms with E-state index in [0.717, 1.165) is 23.2 Å². The van der Waals surface area contributed by atoms with Crippen LogP contribution >= 0.6 is 0 Å². The van der Waals surface area contributed by atoms with Crippen LogP contribution in [0.1, 0.15) is 26.3 Å². The lowest BCUT2D eigenvalue weighted by atomic mass is 10.2. The van der Waals surface area contributed by atoms with E-state index in [1.807, 2.05) is 50.4 Å². The zero-order chi connectivity index (χ0) is 20.2. The third-order valence-electron chi connectivity index (χ3n) is 4.43. The van der Waals surface area contributed by atoms with Gasteiger partial charge >= 0.3 is 0 Å². The van der Waals surface area contributed by atoms with Gasteiger partial charge in [-0.25, -0.2) is 9.67 Å². The van der Waals surface area contributed by atoms with Crippen molar-refractivity contribution in [2.45, 2.75) is 26.3 Å². The van der Waals surface area contributed by atoms with E-state index in [2.05, 4.69) is 32.2 Å². The normalized spacial score (nSPS) is 11.7. The highest BCUT2D eigenvalue weighted by Gasteiger charge is 2.11. The molecule has 1 atom stereocenters. The molecule has 0 aliphatic carbocycles. The first-order chi connectivity index (χ1) is 14.2. The van der Waals surface area contributed by atoms with Gasteiger partial charge in [0.1, 0.15) is 5.65 Å². The molecule has 1 aromatic carbocycles. The van der Waals surface area contributed by atoms with Crippen molar-refractivity contribution < 1.29 is 0 Å². The molecular formula is C22H20N6O. The van der Waals surface area contributed by atoms with Gasteiger partial charge in [0, 0.05) is 42.2 Å². The van der Waals surface area contributed by atoms with Crippen LogP contribution in [0.4, 0.5) is 11.6 Å². The van der Waals surface area contributed by atoms with Crippen LogP contribution < -0.4 is 10.9 Å². The van der Waals surface area contributed by atoms with Crippen molar-refractivity contribution in [3.05, 3.63) is 71.4 Å². The third kappa shape index (κ3) is 3.87. The predicted molar refractivity (Wildman–Crippen MR) is 113 cm³/mol. The predicted octanol–water partition coefficient (Wildman–Crippen LogP) is 3.70. The summed E-state index contributed by atoms with van der Waals surface area (Å²) in [6, 6.07) is 12.6. The van der Waals surface area contributed by atoms with Crippen LogP contribution in [0.5, 0.6) is 0 Å². The second-order valence-corrected chi connectivity index (χ2v) is 6.49. The van der Waals surface area contributed by atoms with E-state index < -0.39 is 0 Å². The van der Waals surface area contributed by atoms with Gasteiger partial charge in [-0.3, -0.25) is 9.36 Å². The molecule has 7 heteroatoms. The lowest BCUT2D eigenvalue weighted by Crippen LogP contribution is -2.23. The van der Waals surface area contributed by atoms with Crippen LogP contribution in [0.3, 0.4) is 0 Å². The smallest absolute Gasteiger partial charge is 0.253 e. The van der Waals surface area contributed by atoms with E-state index in [1.54, 1.807) is 27.7 Å². The lowest BCUT2D eigenvalue weighted by molar-refractivity contribution is 0.672. The van der Waals surface area contributed by atoms with Gasteiger partial charge in [-0.15, -0.1) is 5.92 Å². The minimum Gasteiger partial charge on any atom is -0.324 e. The van der Waals surface area contributed by atoms with Crippen LogP contribution in [-0.4, -0.2) is 24.3 Å². The van der Waals surface area contributed by atoms with E-state index in [4.69, 9.17) is 0 Å². The van der Waals surface area contributed by atoms with Crippen molar-refractivity contribution in [2.24, 2.45) is 0 Å². The molecule has 4 aromatic rings. The van der Waals surface area contributed by atoms with Crippen LogP contribution in [0.25, 0.3) is 16.7 Å². The molecule has 0 fully saturated rings. The fraction of sp³-hybridized carbons (Fsp3) is 0.182. The SMILES string of the molecule is CCC#CC(C)n1c(=O)ccc2cnc(Nc3ccc(-n4cccn4)cc3)nc21. The second kappa shape index (κ2) is 7.98. The largest absolute Gasteiger partial charge is 0.324 e. The fourth-order valence-corrected chi connectivity index (χ4v) is 3.04. The Bertz CT molecular complexity index is 1250. The summed E-state index contributed by atoms with van der Waals surface area (Å²) in [4.78, 5) is 21.4. The molecule has 1 unspecified atom stereocenters. The maximum Gasteiger partial charge on any atom is 0.253 e. The van der Waals surface area contributed by atoms with E-state index in [1.165, 1.54) is 6.07 Å². The lowest BCUT2D eigenvalue weighted by Gasteiger charge is -2.13. The van der Waals surface area contributed by atoms with Crippen molar-refractivity contribution in [3.63, 3.8) is 0 Å². The van der Waals surface area contributed by atoms with Gasteiger partial charge in [-0.1, -0.05) is 12.8 Å². The minimum atomic E-state index is -0.276. The Hall–Kier alpha value is -3.92. The number of anilines is 2. The molecule has 29 heavy (non-hydrogen) atoms. The summed E-state index contributed by atoms with van der Waals surface area (Å²) in [6.07, 6.45) is 6.07. The highest BCUT2D eigenvalue weighted by molar-refractivity contribution is 5.76. The van der Waals surface area contributed by atoms with E-state index in [0.29, 0.717) is 11.6 Å². The van der Waals surface area contributed by atoms with Crippen molar-refractivity contribution in [1.29, 1.82) is 0 Å². The molecule has 0 saturated heterocycles. The summed E-state index contributed by atoms with van der Waals surface area (Å²) in [6.45, 7) is 3.88. The van der Waals surface area contributed by atoms with E-state index >= 15 is 0 Å². The average molecular weight is 384 g/mol. The number of pyridine rings is 1. The molecule has 0 aliphatic rings. The standard InChI is InChI=1S/C22H20N6O/c1-3-4-6-16(2)28-20(29)12-7-17-15-23-22(26-21(17)28)25-18-8-10-19(11-9-18)27-14-5-13-24-27/h5,7-16H,3H2,1-2H3,(H,23,25,26). The van der Waals surface area contributed by atoms with Gasteiger partial charge < -0.3 is 5.32 Å². The zero-order valence-electron chi connectivity index (χ0n) is 16.2. The van der Waals surface area contributed by atoms with Crippen molar-refractivity contribution in [1.82, 2.24) is 24.3 Å². The number of hydrogen-bond donors (Lipinski definition) is 1. The number of nitrogens with zero attached hydrogens (tertiary/aromatic N) is 5. The number of fused-ring (bicyclic) bond motifs is 1. The van der Waals surface area contributed by atoms with Crippen LogP contribution in [0.2, 0.25) is 0 Å². The first kappa shape index (κ1) is 18.4. The molecule has 3 aromatic heterocycles. The molecule has 144 valence electrons. The number of hydrogen-bond acceptors (Lipinski definition) is 5. The maximum atomic E-state index is 12.5. The Morgan fingerprint density at radius 2 is 2.00 bits per heavy atom. The van der Waals surface area contributed by atoms with Gasteiger partial charge in [0.2, 0.25) is 5.95 Å². The molecule has 7 nitrogen and oxygen atoms in total. The first-order valence-corrected chi connectivity index (χ1v) is 9.39. The molecule has 0 saturated carbocycles. The third-order valence-corrected chi connectivity index (χ3v) is 4.43. The topological polar surface area (TPSA) is 77.6 Å². The highest BCUT2D eigenvalue weighted by atomic mass is 16.1. The summed E-state index contributed by atoms with van der Waals surface area (Å²) in [5.41, 5.74) is 2.21. The summed E-state index contributed by atoms with van der Waals surface area (Å²) in [5, 5.41) is 8.20. The number of nitrogens with one attached hydrogen (secondary N) is 1. The fourth-order valence-electron chi connectivity index (χ4n) is 3.04.